The number of carbonyl (C=O) groups excluding carboxylic acids is 2. The molecule has 5 heteroatoms. The van der Waals surface area contributed by atoms with Crippen molar-refractivity contribution in [3.05, 3.63) is 29.3 Å². The molecule has 3 aliphatic carbocycles. The minimum Gasteiger partial charge on any atom is -0.494 e. The Labute approximate surface area is 211 Å². The maximum absolute atomic E-state index is 13.1. The van der Waals surface area contributed by atoms with Crippen LogP contribution in [0.15, 0.2) is 18.2 Å². The number of rotatable bonds is 8. The predicted molar refractivity (Wildman–Crippen MR) is 139 cm³/mol. The number of ether oxygens (including phenoxy) is 1. The Morgan fingerprint density at radius 2 is 2.09 bits per heavy atom. The van der Waals surface area contributed by atoms with Crippen LogP contribution >= 0.6 is 0 Å². The first-order valence-corrected chi connectivity index (χ1v) is 14.2. The summed E-state index contributed by atoms with van der Waals surface area (Å²) in [7, 11) is 0. The van der Waals surface area contributed by atoms with Crippen LogP contribution in [-0.2, 0) is 16.0 Å². The quantitative estimate of drug-likeness (QED) is 0.525. The van der Waals surface area contributed by atoms with Crippen LogP contribution in [0, 0.1) is 23.2 Å². The van der Waals surface area contributed by atoms with Gasteiger partial charge in [-0.05, 0) is 119 Å². The lowest BCUT2D eigenvalue weighted by Gasteiger charge is -2.49. The van der Waals surface area contributed by atoms with Crippen molar-refractivity contribution in [1.29, 1.82) is 0 Å². The zero-order chi connectivity index (χ0) is 24.6. The second kappa shape index (κ2) is 10.2. The first-order chi connectivity index (χ1) is 16.9. The molecule has 6 atom stereocenters. The van der Waals surface area contributed by atoms with Gasteiger partial charge in [-0.3, -0.25) is 9.59 Å². The molecular weight excluding hydrogens is 436 g/mol. The van der Waals surface area contributed by atoms with E-state index in [-0.39, 0.29) is 23.2 Å². The number of ketones is 1. The number of hydrogen-bond acceptors (Lipinski definition) is 4. The molecule has 2 saturated carbocycles. The summed E-state index contributed by atoms with van der Waals surface area (Å²) in [6.07, 6.45) is 9.45. The molecular formula is C30H44N2O3. The highest BCUT2D eigenvalue weighted by Crippen LogP contribution is 2.61. The van der Waals surface area contributed by atoms with Crippen molar-refractivity contribution >= 4 is 11.7 Å². The van der Waals surface area contributed by atoms with Crippen LogP contribution in [0.5, 0.6) is 5.75 Å². The van der Waals surface area contributed by atoms with Crippen LogP contribution in [0.3, 0.4) is 0 Å². The smallest absolute Gasteiger partial charge is 0.223 e. The van der Waals surface area contributed by atoms with Gasteiger partial charge in [0.25, 0.3) is 0 Å². The van der Waals surface area contributed by atoms with Crippen LogP contribution in [0.25, 0.3) is 0 Å². The average Bonchev–Trinajstić information content (AvgIpc) is 3.38. The molecule has 0 unspecified atom stereocenters. The summed E-state index contributed by atoms with van der Waals surface area (Å²) in [6, 6.07) is 7.45. The molecule has 0 spiro atoms. The Morgan fingerprint density at radius 3 is 2.86 bits per heavy atom. The van der Waals surface area contributed by atoms with E-state index in [1.165, 1.54) is 43.5 Å². The highest BCUT2D eigenvalue weighted by atomic mass is 16.5. The van der Waals surface area contributed by atoms with E-state index in [1.807, 2.05) is 6.92 Å². The number of fused-ring (bicyclic) bond motifs is 5. The number of nitrogens with one attached hydrogen (secondary N) is 1. The first kappa shape index (κ1) is 24.8. The fourth-order valence-corrected chi connectivity index (χ4v) is 8.02. The molecule has 3 fully saturated rings. The Morgan fingerprint density at radius 1 is 1.23 bits per heavy atom. The summed E-state index contributed by atoms with van der Waals surface area (Å²) in [5.41, 5.74) is 2.52. The third-order valence-corrected chi connectivity index (χ3v) is 9.91. The topological polar surface area (TPSA) is 58.6 Å². The van der Waals surface area contributed by atoms with Crippen LogP contribution in [-0.4, -0.2) is 48.9 Å². The van der Waals surface area contributed by atoms with E-state index in [4.69, 9.17) is 4.74 Å². The molecule has 1 amide bonds. The van der Waals surface area contributed by atoms with Crippen molar-refractivity contribution in [2.24, 2.45) is 23.2 Å². The molecule has 35 heavy (non-hydrogen) atoms. The fraction of sp³-hybridized carbons (Fsp3) is 0.733. The lowest BCUT2D eigenvalue weighted by Crippen LogP contribution is -2.46. The summed E-state index contributed by atoms with van der Waals surface area (Å²) in [5, 5.41) is 3.02. The van der Waals surface area contributed by atoms with Gasteiger partial charge >= 0.3 is 0 Å². The van der Waals surface area contributed by atoms with E-state index in [2.05, 4.69) is 42.3 Å². The van der Waals surface area contributed by atoms with Gasteiger partial charge in [0.2, 0.25) is 5.91 Å². The highest BCUT2D eigenvalue weighted by molar-refractivity contribution is 5.94. The summed E-state index contributed by atoms with van der Waals surface area (Å²) in [4.78, 5) is 28.6. The van der Waals surface area contributed by atoms with E-state index in [0.29, 0.717) is 30.6 Å². The predicted octanol–water partition coefficient (Wildman–Crippen LogP) is 5.12. The van der Waals surface area contributed by atoms with Crippen molar-refractivity contribution < 1.29 is 14.3 Å². The number of benzene rings is 1. The van der Waals surface area contributed by atoms with Crippen molar-refractivity contribution in [3.63, 3.8) is 0 Å². The summed E-state index contributed by atoms with van der Waals surface area (Å²) in [5.74, 6) is 2.27. The standard InChI is InChI=1S/C30H44N2O3/c1-4-31-29(34)26-19-27(33)30(3)14-13-24-23-12-10-22(18-21(23)9-11-25(24)28(26)30)35-17-6-5-15-32-16-7-8-20(32)2/h10,12,18,20,24-26,28H,4-9,11,13-17,19H2,1-3H3,(H,31,34)/t20-,24-,25-,26+,28-,30-/m1/s1. The Balaban J connectivity index is 1.22. The maximum atomic E-state index is 13.1. The van der Waals surface area contributed by atoms with E-state index in [9.17, 15) is 9.59 Å². The largest absolute Gasteiger partial charge is 0.494 e. The molecule has 0 bridgehead atoms. The Hall–Kier alpha value is -1.88. The summed E-state index contributed by atoms with van der Waals surface area (Å²) >= 11 is 0. The van der Waals surface area contributed by atoms with Crippen LogP contribution in [0.1, 0.15) is 89.2 Å². The first-order valence-electron chi connectivity index (χ1n) is 14.2. The third-order valence-electron chi connectivity index (χ3n) is 9.91. The van der Waals surface area contributed by atoms with Gasteiger partial charge in [0, 0.05) is 30.3 Å². The van der Waals surface area contributed by atoms with E-state index in [1.54, 1.807) is 0 Å². The van der Waals surface area contributed by atoms with Gasteiger partial charge in [-0.1, -0.05) is 13.0 Å². The molecule has 5 nitrogen and oxygen atoms in total. The van der Waals surface area contributed by atoms with E-state index < -0.39 is 0 Å². The zero-order valence-corrected chi connectivity index (χ0v) is 22.0. The maximum Gasteiger partial charge on any atom is 0.223 e. The number of unbranched alkanes of at least 4 members (excludes halogenated alkanes) is 1. The van der Waals surface area contributed by atoms with Crippen LogP contribution in [0.4, 0.5) is 0 Å². The normalized spacial score (nSPS) is 34.3. The van der Waals surface area contributed by atoms with E-state index in [0.717, 1.165) is 50.5 Å². The Kier molecular flexibility index (Phi) is 7.25. The number of Topliss-reactive ketones (excluding diaryl/α,β-unsaturated/α-hetero) is 1. The molecule has 1 N–H and O–H groups in total. The van der Waals surface area contributed by atoms with Crippen LogP contribution in [0.2, 0.25) is 0 Å². The molecule has 1 aromatic carbocycles. The number of carbonyl (C=O) groups is 2. The average molecular weight is 481 g/mol. The van der Waals surface area contributed by atoms with Gasteiger partial charge in [0.05, 0.1) is 6.61 Å². The summed E-state index contributed by atoms with van der Waals surface area (Å²) < 4.78 is 6.16. The summed E-state index contributed by atoms with van der Waals surface area (Å²) in [6.45, 7) is 10.3. The second-order valence-electron chi connectivity index (χ2n) is 11.9. The third kappa shape index (κ3) is 4.65. The Bertz CT molecular complexity index is 946. The number of hydrogen-bond donors (Lipinski definition) is 1. The lowest BCUT2D eigenvalue weighted by molar-refractivity contribution is -0.130. The molecule has 1 heterocycles. The van der Waals surface area contributed by atoms with Crippen LogP contribution < -0.4 is 10.1 Å². The zero-order valence-electron chi connectivity index (χ0n) is 22.0. The second-order valence-corrected chi connectivity index (χ2v) is 11.9. The van der Waals surface area contributed by atoms with Gasteiger partial charge < -0.3 is 15.0 Å². The van der Waals surface area contributed by atoms with Gasteiger partial charge in [-0.25, -0.2) is 0 Å². The lowest BCUT2D eigenvalue weighted by atomic mass is 9.54. The van der Waals surface area contributed by atoms with Crippen molar-refractivity contribution in [1.82, 2.24) is 10.2 Å². The molecule has 192 valence electrons. The van der Waals surface area contributed by atoms with Gasteiger partial charge in [0.1, 0.15) is 11.5 Å². The van der Waals surface area contributed by atoms with Gasteiger partial charge in [-0.15, -0.1) is 0 Å². The highest BCUT2D eigenvalue weighted by Gasteiger charge is 2.60. The molecule has 1 saturated heterocycles. The minimum absolute atomic E-state index is 0.0870. The fourth-order valence-electron chi connectivity index (χ4n) is 8.02. The van der Waals surface area contributed by atoms with Gasteiger partial charge in [-0.2, -0.15) is 0 Å². The molecule has 4 aliphatic rings. The number of likely N-dealkylation sites (tertiary alicyclic amines) is 1. The van der Waals surface area contributed by atoms with Gasteiger partial charge in [0.15, 0.2) is 0 Å². The number of amides is 1. The molecule has 0 aromatic heterocycles. The number of nitrogens with zero attached hydrogens (tertiary/aromatic N) is 1. The van der Waals surface area contributed by atoms with Crippen molar-refractivity contribution in [2.45, 2.75) is 90.5 Å². The van der Waals surface area contributed by atoms with E-state index >= 15 is 0 Å². The molecule has 1 aliphatic heterocycles. The molecule has 5 rings (SSSR count). The number of aryl methyl sites for hydroxylation is 1. The molecule has 0 radical (unpaired) electrons. The monoisotopic (exact) mass is 480 g/mol. The van der Waals surface area contributed by atoms with Crippen molar-refractivity contribution in [2.75, 3.05) is 26.2 Å². The SMILES string of the molecule is CCNC(=O)[C@H]1CC(=O)[C@@]2(C)CC[C@@H]3c4ccc(OCCCCN5CCC[C@H]5C)cc4CC[C@H]3[C@H]12. The minimum atomic E-state index is -0.329. The molecule has 1 aromatic rings. The van der Waals surface area contributed by atoms with Crippen molar-refractivity contribution in [3.8, 4) is 5.75 Å².